The Bertz CT molecular complexity index is 751. The smallest absolute Gasteiger partial charge is 0.267 e. The van der Waals surface area contributed by atoms with E-state index in [0.717, 1.165) is 31.3 Å². The van der Waals surface area contributed by atoms with Crippen LogP contribution in [0.25, 0.3) is 10.8 Å². The Labute approximate surface area is 141 Å². The molecule has 2 heterocycles. The molecule has 0 atom stereocenters. The van der Waals surface area contributed by atoms with Gasteiger partial charge in [0.15, 0.2) is 0 Å². The van der Waals surface area contributed by atoms with Gasteiger partial charge in [-0.05, 0) is 48.9 Å². The zero-order valence-corrected chi connectivity index (χ0v) is 14.0. The molecular formula is C17H22ClN3O2. The highest BCUT2D eigenvalue weighted by molar-refractivity contribution is 5.96. The molecule has 0 saturated carbocycles. The van der Waals surface area contributed by atoms with Crippen LogP contribution in [0.2, 0.25) is 0 Å². The Hall–Kier alpha value is -1.85. The molecule has 1 amide bonds. The van der Waals surface area contributed by atoms with Crippen molar-refractivity contribution in [3.05, 3.63) is 46.4 Å². The summed E-state index contributed by atoms with van der Waals surface area (Å²) >= 11 is 0. The van der Waals surface area contributed by atoms with Crippen molar-refractivity contribution in [1.82, 2.24) is 15.6 Å². The minimum atomic E-state index is -0.226. The topological polar surface area (TPSA) is 74.0 Å². The summed E-state index contributed by atoms with van der Waals surface area (Å²) in [5, 5.41) is 7.67. The highest BCUT2D eigenvalue weighted by atomic mass is 35.5. The number of pyridine rings is 1. The molecule has 0 spiro atoms. The van der Waals surface area contributed by atoms with Crippen molar-refractivity contribution < 1.29 is 4.79 Å². The number of carbonyl (C=O) groups excluding carboxylic acids is 1. The van der Waals surface area contributed by atoms with Gasteiger partial charge in [-0.2, -0.15) is 0 Å². The molecule has 1 aromatic carbocycles. The molecule has 1 aromatic heterocycles. The highest BCUT2D eigenvalue weighted by Gasteiger charge is 2.27. The number of carbonyl (C=O) groups is 1. The number of aromatic nitrogens is 1. The highest BCUT2D eigenvalue weighted by Crippen LogP contribution is 2.26. The first-order chi connectivity index (χ1) is 10.6. The largest absolute Gasteiger partial charge is 0.350 e. The average Bonchev–Trinajstić information content (AvgIpc) is 2.53. The van der Waals surface area contributed by atoms with Crippen molar-refractivity contribution in [3.63, 3.8) is 0 Å². The van der Waals surface area contributed by atoms with Gasteiger partial charge in [0.25, 0.3) is 11.5 Å². The Morgan fingerprint density at radius 2 is 1.96 bits per heavy atom. The van der Waals surface area contributed by atoms with Crippen molar-refractivity contribution >= 4 is 29.1 Å². The minimum absolute atomic E-state index is 0. The van der Waals surface area contributed by atoms with Gasteiger partial charge in [0, 0.05) is 11.9 Å². The number of halogens is 1. The molecule has 0 radical (unpaired) electrons. The molecule has 3 N–H and O–H groups in total. The van der Waals surface area contributed by atoms with Crippen molar-refractivity contribution in [2.45, 2.75) is 19.8 Å². The van der Waals surface area contributed by atoms with Gasteiger partial charge in [-0.3, -0.25) is 9.59 Å². The second kappa shape index (κ2) is 7.15. The van der Waals surface area contributed by atoms with E-state index in [1.165, 1.54) is 0 Å². The third-order valence-electron chi connectivity index (χ3n) is 4.48. The molecule has 3 rings (SSSR count). The molecule has 124 valence electrons. The molecule has 5 nitrogen and oxygen atoms in total. The first kappa shape index (κ1) is 17.5. The van der Waals surface area contributed by atoms with E-state index < -0.39 is 0 Å². The number of benzene rings is 1. The summed E-state index contributed by atoms with van der Waals surface area (Å²) < 4.78 is 0. The number of nitrogens with one attached hydrogen (secondary N) is 3. The first-order valence-corrected chi connectivity index (χ1v) is 7.68. The second-order valence-electron chi connectivity index (χ2n) is 6.34. The Kier molecular flexibility index (Phi) is 5.44. The normalized spacial score (nSPS) is 16.6. The van der Waals surface area contributed by atoms with Gasteiger partial charge in [0.05, 0.1) is 0 Å². The van der Waals surface area contributed by atoms with Crippen LogP contribution in [0.4, 0.5) is 0 Å². The van der Waals surface area contributed by atoms with Crippen LogP contribution < -0.4 is 16.2 Å². The van der Waals surface area contributed by atoms with Gasteiger partial charge in [-0.15, -0.1) is 12.4 Å². The molecule has 0 bridgehead atoms. The van der Waals surface area contributed by atoms with Gasteiger partial charge < -0.3 is 15.6 Å². The number of rotatable bonds is 3. The van der Waals surface area contributed by atoms with Crippen LogP contribution in [-0.2, 0) is 0 Å². The molecule has 0 aliphatic carbocycles. The Morgan fingerprint density at radius 3 is 2.70 bits per heavy atom. The Morgan fingerprint density at radius 1 is 1.26 bits per heavy atom. The SMILES string of the molecule is CC1(CNC(=O)c2cc3ccccc3c(=O)[nH]2)CCNCC1.Cl. The van der Waals surface area contributed by atoms with Crippen LogP contribution in [0, 0.1) is 5.41 Å². The van der Waals surface area contributed by atoms with Crippen LogP contribution in [0.5, 0.6) is 0 Å². The first-order valence-electron chi connectivity index (χ1n) is 7.68. The predicted molar refractivity (Wildman–Crippen MR) is 94.4 cm³/mol. The van der Waals surface area contributed by atoms with Gasteiger partial charge in [0.2, 0.25) is 0 Å². The van der Waals surface area contributed by atoms with Crippen molar-refractivity contribution in [1.29, 1.82) is 0 Å². The molecule has 1 saturated heterocycles. The summed E-state index contributed by atoms with van der Waals surface area (Å²) in [6.45, 7) is 4.79. The zero-order valence-electron chi connectivity index (χ0n) is 13.1. The lowest BCUT2D eigenvalue weighted by Crippen LogP contribution is -2.43. The monoisotopic (exact) mass is 335 g/mol. The maximum atomic E-state index is 12.3. The lowest BCUT2D eigenvalue weighted by molar-refractivity contribution is 0.0917. The van der Waals surface area contributed by atoms with Crippen molar-refractivity contribution in [2.75, 3.05) is 19.6 Å². The minimum Gasteiger partial charge on any atom is -0.350 e. The quantitative estimate of drug-likeness (QED) is 0.804. The summed E-state index contributed by atoms with van der Waals surface area (Å²) in [5.41, 5.74) is 0.218. The van der Waals surface area contributed by atoms with Crippen LogP contribution in [0.3, 0.4) is 0 Å². The maximum Gasteiger partial charge on any atom is 0.267 e. The molecule has 1 aliphatic rings. The third kappa shape index (κ3) is 3.92. The van der Waals surface area contributed by atoms with Crippen molar-refractivity contribution in [2.24, 2.45) is 5.41 Å². The lowest BCUT2D eigenvalue weighted by atomic mass is 9.81. The number of hydrogen-bond donors (Lipinski definition) is 3. The van der Waals surface area contributed by atoms with Gasteiger partial charge in [-0.25, -0.2) is 0 Å². The van der Waals surface area contributed by atoms with Gasteiger partial charge >= 0.3 is 0 Å². The third-order valence-corrected chi connectivity index (χ3v) is 4.48. The zero-order chi connectivity index (χ0) is 15.6. The second-order valence-corrected chi connectivity index (χ2v) is 6.34. The molecule has 23 heavy (non-hydrogen) atoms. The molecule has 1 fully saturated rings. The van der Waals surface area contributed by atoms with E-state index >= 15 is 0 Å². The van der Waals surface area contributed by atoms with E-state index in [2.05, 4.69) is 22.5 Å². The van der Waals surface area contributed by atoms with E-state index in [4.69, 9.17) is 0 Å². The predicted octanol–water partition coefficient (Wildman–Crippen LogP) is 2.07. The van der Waals surface area contributed by atoms with E-state index in [0.29, 0.717) is 17.6 Å². The lowest BCUT2D eigenvalue weighted by Gasteiger charge is -2.34. The number of H-pyrrole nitrogens is 1. The number of aromatic amines is 1. The molecule has 6 heteroatoms. The summed E-state index contributed by atoms with van der Waals surface area (Å²) in [4.78, 5) is 27.0. The average molecular weight is 336 g/mol. The summed E-state index contributed by atoms with van der Waals surface area (Å²) in [6.07, 6.45) is 2.09. The number of hydrogen-bond acceptors (Lipinski definition) is 3. The van der Waals surface area contributed by atoms with Crippen LogP contribution >= 0.6 is 12.4 Å². The van der Waals surface area contributed by atoms with E-state index in [1.807, 2.05) is 18.2 Å². The fourth-order valence-electron chi connectivity index (χ4n) is 2.93. The number of piperidine rings is 1. The van der Waals surface area contributed by atoms with Crippen molar-refractivity contribution in [3.8, 4) is 0 Å². The molecule has 2 aromatic rings. The van der Waals surface area contributed by atoms with Crippen LogP contribution in [0.1, 0.15) is 30.3 Å². The fourth-order valence-corrected chi connectivity index (χ4v) is 2.93. The van der Waals surface area contributed by atoms with Gasteiger partial charge in [-0.1, -0.05) is 25.1 Å². The molecule has 1 aliphatic heterocycles. The van der Waals surface area contributed by atoms with E-state index in [9.17, 15) is 9.59 Å². The fraction of sp³-hybridized carbons (Fsp3) is 0.412. The van der Waals surface area contributed by atoms with E-state index in [1.54, 1.807) is 12.1 Å². The number of amides is 1. The van der Waals surface area contributed by atoms with E-state index in [-0.39, 0.29) is 29.3 Å². The maximum absolute atomic E-state index is 12.3. The summed E-state index contributed by atoms with van der Waals surface area (Å²) in [5.74, 6) is -0.220. The molecule has 0 unspecified atom stereocenters. The van der Waals surface area contributed by atoms with Gasteiger partial charge in [0.1, 0.15) is 5.69 Å². The van der Waals surface area contributed by atoms with Crippen LogP contribution in [0.15, 0.2) is 35.1 Å². The standard InChI is InChI=1S/C17H21N3O2.ClH/c1-17(6-8-18-9-7-17)11-19-16(22)14-10-12-4-2-3-5-13(12)15(21)20-14;/h2-5,10,18H,6-9,11H2,1H3,(H,19,22)(H,20,21);1H. The molecular weight excluding hydrogens is 314 g/mol. The van der Waals surface area contributed by atoms with Crippen LogP contribution in [-0.4, -0.2) is 30.5 Å². The Balaban J connectivity index is 0.00000192. The summed E-state index contributed by atoms with van der Waals surface area (Å²) in [6, 6.07) is 9.01. The number of fused-ring (bicyclic) bond motifs is 1. The summed E-state index contributed by atoms with van der Waals surface area (Å²) in [7, 11) is 0.